The second kappa shape index (κ2) is 4.76. The van der Waals surface area contributed by atoms with Crippen LogP contribution < -0.4 is 10.6 Å². The van der Waals surface area contributed by atoms with Crippen LogP contribution in [0.4, 0.5) is 11.4 Å². The SMILES string of the molecule is CC1CC1C(=O)N1CCN(c2ccccc2N)CC1. The van der Waals surface area contributed by atoms with Gasteiger partial charge in [0.25, 0.3) is 0 Å². The minimum absolute atomic E-state index is 0.299. The standard InChI is InChI=1S/C15H21N3O/c1-11-10-12(11)15(19)18-8-6-17(7-9-18)14-5-3-2-4-13(14)16/h2-5,11-12H,6-10,16H2,1H3. The molecule has 1 saturated heterocycles. The highest BCUT2D eigenvalue weighted by Gasteiger charge is 2.41. The fourth-order valence-corrected chi connectivity index (χ4v) is 2.84. The van der Waals surface area contributed by atoms with E-state index in [1.54, 1.807) is 0 Å². The molecule has 102 valence electrons. The summed E-state index contributed by atoms with van der Waals surface area (Å²) in [6.45, 7) is 5.54. The van der Waals surface area contributed by atoms with Gasteiger partial charge in [0.2, 0.25) is 5.91 Å². The number of hydrogen-bond donors (Lipinski definition) is 1. The lowest BCUT2D eigenvalue weighted by atomic mass is 10.2. The van der Waals surface area contributed by atoms with Gasteiger partial charge in [-0.1, -0.05) is 19.1 Å². The molecule has 2 fully saturated rings. The lowest BCUT2D eigenvalue weighted by Gasteiger charge is -2.36. The molecular formula is C15H21N3O. The summed E-state index contributed by atoms with van der Waals surface area (Å²) < 4.78 is 0. The zero-order chi connectivity index (χ0) is 13.4. The Labute approximate surface area is 114 Å². The minimum atomic E-state index is 0.299. The van der Waals surface area contributed by atoms with Crippen molar-refractivity contribution in [2.24, 2.45) is 11.8 Å². The quantitative estimate of drug-likeness (QED) is 0.820. The zero-order valence-electron chi connectivity index (χ0n) is 11.4. The van der Waals surface area contributed by atoms with Gasteiger partial charge in [-0.05, 0) is 24.5 Å². The highest BCUT2D eigenvalue weighted by molar-refractivity contribution is 5.82. The number of piperazine rings is 1. The van der Waals surface area contributed by atoms with Crippen molar-refractivity contribution < 1.29 is 4.79 Å². The third kappa shape index (κ3) is 2.39. The largest absolute Gasteiger partial charge is 0.397 e. The summed E-state index contributed by atoms with van der Waals surface area (Å²) in [7, 11) is 0. The summed E-state index contributed by atoms with van der Waals surface area (Å²) in [6, 6.07) is 7.94. The number of carbonyl (C=O) groups is 1. The van der Waals surface area contributed by atoms with Gasteiger partial charge in [0, 0.05) is 32.1 Å². The first kappa shape index (κ1) is 12.3. The molecule has 1 aromatic carbocycles. The molecule has 2 aliphatic rings. The Hall–Kier alpha value is -1.71. The Kier molecular flexibility index (Phi) is 3.09. The number of nitrogen functional groups attached to an aromatic ring is 1. The van der Waals surface area contributed by atoms with Gasteiger partial charge in [-0.25, -0.2) is 0 Å². The number of nitrogens with zero attached hydrogens (tertiary/aromatic N) is 2. The monoisotopic (exact) mass is 259 g/mol. The summed E-state index contributed by atoms with van der Waals surface area (Å²) in [5.41, 5.74) is 7.91. The van der Waals surface area contributed by atoms with E-state index >= 15 is 0 Å². The van der Waals surface area contributed by atoms with Crippen LogP contribution in [0.15, 0.2) is 24.3 Å². The fourth-order valence-electron chi connectivity index (χ4n) is 2.84. The molecular weight excluding hydrogens is 238 g/mol. The van der Waals surface area contributed by atoms with Crippen molar-refractivity contribution in [2.75, 3.05) is 36.8 Å². The van der Waals surface area contributed by atoms with Crippen LogP contribution in [0.25, 0.3) is 0 Å². The number of anilines is 2. The second-order valence-corrected chi connectivity index (χ2v) is 5.69. The van der Waals surface area contributed by atoms with Crippen LogP contribution in [-0.4, -0.2) is 37.0 Å². The lowest BCUT2D eigenvalue weighted by Crippen LogP contribution is -2.49. The maximum Gasteiger partial charge on any atom is 0.226 e. The molecule has 1 saturated carbocycles. The van der Waals surface area contributed by atoms with Crippen molar-refractivity contribution in [3.8, 4) is 0 Å². The van der Waals surface area contributed by atoms with Crippen LogP contribution in [0.2, 0.25) is 0 Å². The van der Waals surface area contributed by atoms with Crippen molar-refractivity contribution in [1.82, 2.24) is 4.90 Å². The van der Waals surface area contributed by atoms with Gasteiger partial charge >= 0.3 is 0 Å². The Morgan fingerprint density at radius 1 is 1.21 bits per heavy atom. The molecule has 1 heterocycles. The Bertz CT molecular complexity index is 480. The van der Waals surface area contributed by atoms with Gasteiger partial charge in [0.15, 0.2) is 0 Å². The normalized spacial score (nSPS) is 26.4. The molecule has 0 aromatic heterocycles. The van der Waals surface area contributed by atoms with Gasteiger partial charge < -0.3 is 15.5 Å². The van der Waals surface area contributed by atoms with E-state index in [4.69, 9.17) is 5.73 Å². The summed E-state index contributed by atoms with van der Waals surface area (Å²) >= 11 is 0. The number of para-hydroxylation sites is 2. The second-order valence-electron chi connectivity index (χ2n) is 5.69. The van der Waals surface area contributed by atoms with Gasteiger partial charge in [0.05, 0.1) is 11.4 Å². The van der Waals surface area contributed by atoms with E-state index in [9.17, 15) is 4.79 Å². The van der Waals surface area contributed by atoms with Gasteiger partial charge in [-0.2, -0.15) is 0 Å². The molecule has 1 aliphatic carbocycles. The average molecular weight is 259 g/mol. The van der Waals surface area contributed by atoms with Crippen molar-refractivity contribution in [1.29, 1.82) is 0 Å². The topological polar surface area (TPSA) is 49.6 Å². The molecule has 2 N–H and O–H groups in total. The van der Waals surface area contributed by atoms with Crippen LogP contribution in [0.3, 0.4) is 0 Å². The van der Waals surface area contributed by atoms with Crippen LogP contribution in [0.5, 0.6) is 0 Å². The smallest absolute Gasteiger partial charge is 0.226 e. The number of nitrogens with two attached hydrogens (primary N) is 1. The average Bonchev–Trinajstić information content (AvgIpc) is 3.16. The Balaban J connectivity index is 1.60. The third-order valence-electron chi connectivity index (χ3n) is 4.30. The van der Waals surface area contributed by atoms with Crippen molar-refractivity contribution in [3.05, 3.63) is 24.3 Å². The van der Waals surface area contributed by atoms with E-state index in [0.717, 1.165) is 44.0 Å². The molecule has 19 heavy (non-hydrogen) atoms. The molecule has 1 aromatic rings. The van der Waals surface area contributed by atoms with Crippen molar-refractivity contribution in [2.45, 2.75) is 13.3 Å². The first-order valence-corrected chi connectivity index (χ1v) is 7.05. The molecule has 2 unspecified atom stereocenters. The first-order chi connectivity index (χ1) is 9.16. The van der Waals surface area contributed by atoms with Crippen LogP contribution >= 0.6 is 0 Å². The zero-order valence-corrected chi connectivity index (χ0v) is 11.4. The van der Waals surface area contributed by atoms with Gasteiger partial charge in [-0.15, -0.1) is 0 Å². The maximum atomic E-state index is 12.2. The third-order valence-corrected chi connectivity index (χ3v) is 4.30. The predicted octanol–water partition coefficient (Wildman–Crippen LogP) is 1.57. The first-order valence-electron chi connectivity index (χ1n) is 7.05. The van der Waals surface area contributed by atoms with Crippen molar-refractivity contribution >= 4 is 17.3 Å². The molecule has 4 heteroatoms. The van der Waals surface area contributed by atoms with E-state index in [1.807, 2.05) is 23.1 Å². The van der Waals surface area contributed by atoms with E-state index in [1.165, 1.54) is 0 Å². The molecule has 1 amide bonds. The highest BCUT2D eigenvalue weighted by Crippen LogP contribution is 2.39. The summed E-state index contributed by atoms with van der Waals surface area (Å²) in [5.74, 6) is 1.25. The molecule has 4 nitrogen and oxygen atoms in total. The number of amides is 1. The maximum absolute atomic E-state index is 12.2. The minimum Gasteiger partial charge on any atom is -0.397 e. The Morgan fingerprint density at radius 2 is 1.84 bits per heavy atom. The van der Waals surface area contributed by atoms with Crippen LogP contribution in [0.1, 0.15) is 13.3 Å². The molecule has 2 atom stereocenters. The van der Waals surface area contributed by atoms with E-state index < -0.39 is 0 Å². The highest BCUT2D eigenvalue weighted by atomic mass is 16.2. The number of carbonyl (C=O) groups excluding carboxylic acids is 1. The van der Waals surface area contributed by atoms with Gasteiger partial charge in [0.1, 0.15) is 0 Å². The van der Waals surface area contributed by atoms with E-state index in [-0.39, 0.29) is 0 Å². The van der Waals surface area contributed by atoms with Crippen LogP contribution in [0, 0.1) is 11.8 Å². The molecule has 3 rings (SSSR count). The van der Waals surface area contributed by atoms with Crippen molar-refractivity contribution in [3.63, 3.8) is 0 Å². The lowest BCUT2D eigenvalue weighted by molar-refractivity contribution is -0.133. The van der Waals surface area contributed by atoms with Gasteiger partial charge in [-0.3, -0.25) is 4.79 Å². The predicted molar refractivity (Wildman–Crippen MR) is 76.9 cm³/mol. The summed E-state index contributed by atoms with van der Waals surface area (Å²) in [5, 5.41) is 0. The Morgan fingerprint density at radius 3 is 2.42 bits per heavy atom. The van der Waals surface area contributed by atoms with E-state index in [0.29, 0.717) is 17.7 Å². The summed E-state index contributed by atoms with van der Waals surface area (Å²) in [4.78, 5) is 16.5. The molecule has 0 spiro atoms. The van der Waals surface area contributed by atoms with Crippen LogP contribution in [-0.2, 0) is 4.79 Å². The molecule has 1 aliphatic heterocycles. The number of hydrogen-bond acceptors (Lipinski definition) is 3. The molecule has 0 bridgehead atoms. The number of benzene rings is 1. The molecule has 0 radical (unpaired) electrons. The fraction of sp³-hybridized carbons (Fsp3) is 0.533. The van der Waals surface area contributed by atoms with E-state index in [2.05, 4.69) is 17.9 Å². The number of rotatable bonds is 2. The summed E-state index contributed by atoms with van der Waals surface area (Å²) in [6.07, 6.45) is 1.07.